The number of ether oxygens (including phenoxy) is 1. The van der Waals surface area contributed by atoms with E-state index in [1.54, 1.807) is 24.4 Å². The SMILES string of the molecule is C#CCCCOc1cc(C#N)cc(Nc2ncc3c(n2)CCCCC3=O)c1. The Labute approximate surface area is 158 Å². The summed E-state index contributed by atoms with van der Waals surface area (Å²) in [6.07, 6.45) is 11.3. The topological polar surface area (TPSA) is 87.9 Å². The van der Waals surface area contributed by atoms with Crippen LogP contribution >= 0.6 is 0 Å². The number of nitrogens with one attached hydrogen (secondary N) is 1. The highest BCUT2D eigenvalue weighted by Crippen LogP contribution is 2.25. The number of benzene rings is 1. The van der Waals surface area contributed by atoms with E-state index in [1.807, 2.05) is 0 Å². The van der Waals surface area contributed by atoms with E-state index in [0.717, 1.165) is 31.4 Å². The van der Waals surface area contributed by atoms with Gasteiger partial charge >= 0.3 is 0 Å². The summed E-state index contributed by atoms with van der Waals surface area (Å²) in [7, 11) is 0. The summed E-state index contributed by atoms with van der Waals surface area (Å²) in [6, 6.07) is 7.29. The highest BCUT2D eigenvalue weighted by molar-refractivity contribution is 5.97. The Hall–Kier alpha value is -3.38. The lowest BCUT2D eigenvalue weighted by molar-refractivity contribution is 0.0981. The predicted molar refractivity (Wildman–Crippen MR) is 102 cm³/mol. The monoisotopic (exact) mass is 360 g/mol. The average molecular weight is 360 g/mol. The first-order valence-corrected chi connectivity index (χ1v) is 8.97. The van der Waals surface area contributed by atoms with Crippen LogP contribution in [0.15, 0.2) is 24.4 Å². The molecule has 0 saturated heterocycles. The summed E-state index contributed by atoms with van der Waals surface area (Å²) in [6.45, 7) is 0.482. The lowest BCUT2D eigenvalue weighted by atomic mass is 10.1. The third-order valence-corrected chi connectivity index (χ3v) is 4.26. The molecule has 6 heteroatoms. The van der Waals surface area contributed by atoms with Gasteiger partial charge in [0.1, 0.15) is 5.75 Å². The third kappa shape index (κ3) is 4.83. The van der Waals surface area contributed by atoms with Crippen molar-refractivity contribution in [1.29, 1.82) is 5.26 Å². The molecule has 0 bridgehead atoms. The predicted octanol–water partition coefficient (Wildman–Crippen LogP) is 3.79. The molecule has 1 aliphatic carbocycles. The lowest BCUT2D eigenvalue weighted by Gasteiger charge is -2.11. The van der Waals surface area contributed by atoms with Crippen molar-refractivity contribution in [2.24, 2.45) is 0 Å². The molecule has 3 rings (SSSR count). The highest BCUT2D eigenvalue weighted by atomic mass is 16.5. The normalized spacial score (nSPS) is 13.0. The molecule has 0 atom stereocenters. The van der Waals surface area contributed by atoms with Crippen molar-refractivity contribution in [2.45, 2.75) is 38.5 Å². The van der Waals surface area contributed by atoms with Crippen molar-refractivity contribution in [3.05, 3.63) is 41.2 Å². The number of fused-ring (bicyclic) bond motifs is 1. The van der Waals surface area contributed by atoms with Gasteiger partial charge in [0.15, 0.2) is 5.78 Å². The van der Waals surface area contributed by atoms with Gasteiger partial charge in [-0.05, 0) is 37.8 Å². The highest BCUT2D eigenvalue weighted by Gasteiger charge is 2.18. The minimum absolute atomic E-state index is 0.100. The first kappa shape index (κ1) is 18.4. The first-order chi connectivity index (χ1) is 13.2. The number of nitrogens with zero attached hydrogens (tertiary/aromatic N) is 3. The van der Waals surface area contributed by atoms with E-state index in [0.29, 0.717) is 48.0 Å². The maximum atomic E-state index is 12.1. The minimum Gasteiger partial charge on any atom is -0.493 e. The standard InChI is InChI=1S/C21H20N4O2/c1-2-3-6-9-27-17-11-15(13-22)10-16(12-17)24-21-23-14-18-19(25-21)7-4-5-8-20(18)26/h1,10-12,14H,3-9H2,(H,23,24,25). The molecule has 27 heavy (non-hydrogen) atoms. The zero-order valence-corrected chi connectivity index (χ0v) is 15.0. The number of nitriles is 1. The molecule has 0 unspecified atom stereocenters. The molecule has 136 valence electrons. The second-order valence-electron chi connectivity index (χ2n) is 6.32. The maximum absolute atomic E-state index is 12.1. The van der Waals surface area contributed by atoms with Crippen molar-refractivity contribution in [3.8, 4) is 24.2 Å². The first-order valence-electron chi connectivity index (χ1n) is 8.97. The fraction of sp³-hybridized carbons (Fsp3) is 0.333. The third-order valence-electron chi connectivity index (χ3n) is 4.26. The number of aromatic nitrogens is 2. The van der Waals surface area contributed by atoms with Crippen LogP contribution in [0.3, 0.4) is 0 Å². The van der Waals surface area contributed by atoms with Gasteiger partial charge in [-0.15, -0.1) is 12.3 Å². The Balaban J connectivity index is 1.79. The molecule has 0 fully saturated rings. The van der Waals surface area contributed by atoms with Crippen LogP contribution in [0.1, 0.15) is 53.7 Å². The Kier molecular flexibility index (Phi) is 6.02. The number of hydrogen-bond donors (Lipinski definition) is 1. The van der Waals surface area contributed by atoms with Gasteiger partial charge in [-0.1, -0.05) is 0 Å². The number of rotatable bonds is 6. The molecule has 1 aliphatic rings. The van der Waals surface area contributed by atoms with E-state index in [-0.39, 0.29) is 5.78 Å². The molecule has 6 nitrogen and oxygen atoms in total. The van der Waals surface area contributed by atoms with E-state index in [4.69, 9.17) is 11.2 Å². The Morgan fingerprint density at radius 3 is 2.93 bits per heavy atom. The molecule has 1 heterocycles. The van der Waals surface area contributed by atoms with Gasteiger partial charge in [0.25, 0.3) is 0 Å². The molecular weight excluding hydrogens is 340 g/mol. The number of anilines is 2. The number of ketones is 1. The van der Waals surface area contributed by atoms with Crippen molar-refractivity contribution >= 4 is 17.4 Å². The van der Waals surface area contributed by atoms with Gasteiger partial charge in [-0.3, -0.25) is 4.79 Å². The van der Waals surface area contributed by atoms with Crippen molar-refractivity contribution in [1.82, 2.24) is 9.97 Å². The summed E-state index contributed by atoms with van der Waals surface area (Å²) in [5, 5.41) is 12.4. The maximum Gasteiger partial charge on any atom is 0.227 e. The average Bonchev–Trinajstić information content (AvgIpc) is 2.86. The summed E-state index contributed by atoms with van der Waals surface area (Å²) in [4.78, 5) is 20.8. The Morgan fingerprint density at radius 1 is 1.26 bits per heavy atom. The van der Waals surface area contributed by atoms with Crippen LogP contribution in [0, 0.1) is 23.7 Å². The van der Waals surface area contributed by atoms with Crippen LogP contribution in [0.2, 0.25) is 0 Å². The van der Waals surface area contributed by atoms with Gasteiger partial charge in [-0.2, -0.15) is 5.26 Å². The molecule has 0 radical (unpaired) electrons. The molecule has 0 aliphatic heterocycles. The number of carbonyl (C=O) groups excluding carboxylic acids is 1. The zero-order valence-electron chi connectivity index (χ0n) is 15.0. The van der Waals surface area contributed by atoms with E-state index < -0.39 is 0 Å². The Bertz CT molecular complexity index is 925. The quantitative estimate of drug-likeness (QED) is 0.479. The molecule has 2 aromatic rings. The molecule has 0 amide bonds. The fourth-order valence-corrected chi connectivity index (χ4v) is 2.93. The van der Waals surface area contributed by atoms with Crippen molar-refractivity contribution in [3.63, 3.8) is 0 Å². The summed E-state index contributed by atoms with van der Waals surface area (Å²) < 4.78 is 5.68. The number of unbranched alkanes of at least 4 members (excludes halogenated alkanes) is 1. The van der Waals surface area contributed by atoms with E-state index >= 15 is 0 Å². The van der Waals surface area contributed by atoms with E-state index in [9.17, 15) is 10.1 Å². The molecule has 1 N–H and O–H groups in total. The molecular formula is C21H20N4O2. The van der Waals surface area contributed by atoms with Crippen LogP contribution in [-0.2, 0) is 6.42 Å². The molecule has 0 spiro atoms. The van der Waals surface area contributed by atoms with Gasteiger partial charge in [0.05, 0.1) is 29.5 Å². The van der Waals surface area contributed by atoms with Crippen LogP contribution in [0.4, 0.5) is 11.6 Å². The van der Waals surface area contributed by atoms with Gasteiger partial charge in [0.2, 0.25) is 5.95 Å². The smallest absolute Gasteiger partial charge is 0.227 e. The van der Waals surface area contributed by atoms with Gasteiger partial charge in [0, 0.05) is 30.8 Å². The fourth-order valence-electron chi connectivity index (χ4n) is 2.93. The summed E-state index contributed by atoms with van der Waals surface area (Å²) >= 11 is 0. The summed E-state index contributed by atoms with van der Waals surface area (Å²) in [5.41, 5.74) is 2.51. The van der Waals surface area contributed by atoms with Crippen LogP contribution in [0.25, 0.3) is 0 Å². The Morgan fingerprint density at radius 2 is 2.11 bits per heavy atom. The zero-order chi connectivity index (χ0) is 19.1. The van der Waals surface area contributed by atoms with Crippen LogP contribution in [-0.4, -0.2) is 22.4 Å². The second kappa shape index (κ2) is 8.82. The van der Waals surface area contributed by atoms with Crippen LogP contribution in [0.5, 0.6) is 5.75 Å². The number of hydrogen-bond acceptors (Lipinski definition) is 6. The number of Topliss-reactive ketones (excluding diaryl/α,β-unsaturated/α-hetero) is 1. The van der Waals surface area contributed by atoms with E-state index in [2.05, 4.69) is 27.3 Å². The number of terminal acetylenes is 1. The van der Waals surface area contributed by atoms with Crippen molar-refractivity contribution in [2.75, 3.05) is 11.9 Å². The van der Waals surface area contributed by atoms with Gasteiger partial charge in [-0.25, -0.2) is 9.97 Å². The second-order valence-corrected chi connectivity index (χ2v) is 6.32. The van der Waals surface area contributed by atoms with Crippen LogP contribution < -0.4 is 10.1 Å². The lowest BCUT2D eigenvalue weighted by Crippen LogP contribution is -2.07. The minimum atomic E-state index is 0.100. The molecule has 1 aromatic carbocycles. The largest absolute Gasteiger partial charge is 0.493 e. The molecule has 0 saturated carbocycles. The van der Waals surface area contributed by atoms with Crippen molar-refractivity contribution < 1.29 is 9.53 Å². The molecule has 1 aromatic heterocycles. The van der Waals surface area contributed by atoms with E-state index in [1.165, 1.54) is 0 Å². The number of aryl methyl sites for hydroxylation is 1. The number of carbonyl (C=O) groups is 1. The van der Waals surface area contributed by atoms with Gasteiger partial charge < -0.3 is 10.1 Å². The summed E-state index contributed by atoms with van der Waals surface area (Å²) in [5.74, 6) is 3.65.